The summed E-state index contributed by atoms with van der Waals surface area (Å²) in [5.41, 5.74) is 0. The van der Waals surface area contributed by atoms with Gasteiger partial charge in [0, 0.05) is 33.2 Å². The molecule has 110 valence electrons. The maximum atomic E-state index is 12.0. The number of nitrogens with zero attached hydrogens (tertiary/aromatic N) is 1. The Morgan fingerprint density at radius 1 is 1.42 bits per heavy atom. The molecule has 0 saturated carbocycles. The molecule has 0 bridgehead atoms. The maximum absolute atomic E-state index is 12.0. The predicted molar refractivity (Wildman–Crippen MR) is 68.0 cm³/mol. The number of amides is 2. The Labute approximate surface area is 112 Å². The number of methoxy groups -OCH3 is 1. The lowest BCUT2D eigenvalue weighted by Gasteiger charge is -2.35. The number of rotatable bonds is 5. The number of nitrogens with one attached hydrogen (secondary N) is 1. The van der Waals surface area contributed by atoms with Crippen molar-refractivity contribution in [1.29, 1.82) is 0 Å². The van der Waals surface area contributed by atoms with Crippen molar-refractivity contribution in [3.8, 4) is 0 Å². The van der Waals surface area contributed by atoms with Crippen molar-refractivity contribution in [3.05, 3.63) is 0 Å². The molecule has 0 aromatic carbocycles. The van der Waals surface area contributed by atoms with Crippen LogP contribution in [0.1, 0.15) is 20.3 Å². The molecule has 1 rings (SSSR count). The van der Waals surface area contributed by atoms with Crippen LogP contribution >= 0.6 is 0 Å². The Kier molecular flexibility index (Phi) is 6.04. The SMILES string of the molecule is COCCC(NC(=O)N1CC(C)OC(C)C1)C(=O)O. The van der Waals surface area contributed by atoms with E-state index in [2.05, 4.69) is 5.32 Å². The van der Waals surface area contributed by atoms with E-state index in [4.69, 9.17) is 14.6 Å². The van der Waals surface area contributed by atoms with Crippen LogP contribution in [-0.2, 0) is 14.3 Å². The van der Waals surface area contributed by atoms with Crippen molar-refractivity contribution in [3.63, 3.8) is 0 Å². The minimum Gasteiger partial charge on any atom is -0.480 e. The molecule has 1 heterocycles. The highest BCUT2D eigenvalue weighted by atomic mass is 16.5. The van der Waals surface area contributed by atoms with Crippen molar-refractivity contribution in [2.75, 3.05) is 26.8 Å². The van der Waals surface area contributed by atoms with Crippen LogP contribution in [0.25, 0.3) is 0 Å². The number of morpholine rings is 1. The Bertz CT molecular complexity index is 313. The summed E-state index contributed by atoms with van der Waals surface area (Å²) in [4.78, 5) is 24.6. The first-order valence-electron chi connectivity index (χ1n) is 6.36. The monoisotopic (exact) mass is 274 g/mol. The first kappa shape index (κ1) is 15.7. The van der Waals surface area contributed by atoms with Crippen molar-refractivity contribution in [2.45, 2.75) is 38.5 Å². The van der Waals surface area contributed by atoms with Gasteiger partial charge in [0.05, 0.1) is 12.2 Å². The number of carbonyl (C=O) groups excluding carboxylic acids is 1. The Morgan fingerprint density at radius 2 is 2.00 bits per heavy atom. The molecular formula is C12H22N2O5. The van der Waals surface area contributed by atoms with Crippen molar-refractivity contribution >= 4 is 12.0 Å². The lowest BCUT2D eigenvalue weighted by Crippen LogP contribution is -2.54. The van der Waals surface area contributed by atoms with Crippen LogP contribution in [0.15, 0.2) is 0 Å². The lowest BCUT2D eigenvalue weighted by atomic mass is 10.2. The van der Waals surface area contributed by atoms with E-state index in [1.54, 1.807) is 4.90 Å². The van der Waals surface area contributed by atoms with Crippen molar-refractivity contribution < 1.29 is 24.2 Å². The highest BCUT2D eigenvalue weighted by molar-refractivity contribution is 5.82. The first-order valence-corrected chi connectivity index (χ1v) is 6.36. The van der Waals surface area contributed by atoms with Gasteiger partial charge >= 0.3 is 12.0 Å². The van der Waals surface area contributed by atoms with Gasteiger partial charge in [-0.3, -0.25) is 0 Å². The molecule has 7 nitrogen and oxygen atoms in total. The molecule has 0 aliphatic carbocycles. The molecule has 7 heteroatoms. The molecule has 2 N–H and O–H groups in total. The molecule has 0 aromatic rings. The van der Waals surface area contributed by atoms with Crippen LogP contribution < -0.4 is 5.32 Å². The van der Waals surface area contributed by atoms with Gasteiger partial charge in [-0.15, -0.1) is 0 Å². The summed E-state index contributed by atoms with van der Waals surface area (Å²) in [6.45, 7) is 4.98. The third-order valence-corrected chi connectivity index (χ3v) is 2.91. The fourth-order valence-electron chi connectivity index (χ4n) is 2.08. The van der Waals surface area contributed by atoms with Crippen LogP contribution in [0.2, 0.25) is 0 Å². The number of urea groups is 1. The number of carbonyl (C=O) groups is 2. The van der Waals surface area contributed by atoms with E-state index in [-0.39, 0.29) is 31.3 Å². The average Bonchev–Trinajstić information content (AvgIpc) is 2.32. The predicted octanol–water partition coefficient (Wildman–Crippen LogP) is 0.295. The minimum absolute atomic E-state index is 0.0447. The smallest absolute Gasteiger partial charge is 0.326 e. The highest BCUT2D eigenvalue weighted by Crippen LogP contribution is 2.11. The van der Waals surface area contributed by atoms with E-state index in [1.165, 1.54) is 7.11 Å². The summed E-state index contributed by atoms with van der Waals surface area (Å²) in [6.07, 6.45) is 0.154. The number of ether oxygens (including phenoxy) is 2. The molecular weight excluding hydrogens is 252 g/mol. The summed E-state index contributed by atoms with van der Waals surface area (Å²) in [7, 11) is 1.49. The van der Waals surface area contributed by atoms with Gasteiger partial charge in [-0.05, 0) is 13.8 Å². The van der Waals surface area contributed by atoms with Crippen LogP contribution in [0.3, 0.4) is 0 Å². The number of aliphatic carboxylic acids is 1. The van der Waals surface area contributed by atoms with Gasteiger partial charge in [0.25, 0.3) is 0 Å². The fourth-order valence-corrected chi connectivity index (χ4v) is 2.08. The number of carboxylic acid groups (broad SMARTS) is 1. The molecule has 3 atom stereocenters. The zero-order valence-electron chi connectivity index (χ0n) is 11.6. The number of carboxylic acids is 1. The van der Waals surface area contributed by atoms with Gasteiger partial charge < -0.3 is 24.8 Å². The van der Waals surface area contributed by atoms with Crippen LogP contribution in [0, 0.1) is 0 Å². The Balaban J connectivity index is 2.53. The van der Waals surface area contributed by atoms with E-state index < -0.39 is 12.0 Å². The van der Waals surface area contributed by atoms with E-state index in [9.17, 15) is 9.59 Å². The number of hydrogen-bond acceptors (Lipinski definition) is 4. The molecule has 1 fully saturated rings. The van der Waals surface area contributed by atoms with Gasteiger partial charge in [0.2, 0.25) is 0 Å². The van der Waals surface area contributed by atoms with E-state index in [0.717, 1.165) is 0 Å². The van der Waals surface area contributed by atoms with E-state index >= 15 is 0 Å². The molecule has 0 spiro atoms. The van der Waals surface area contributed by atoms with E-state index in [1.807, 2.05) is 13.8 Å². The molecule has 2 amide bonds. The van der Waals surface area contributed by atoms with Crippen molar-refractivity contribution in [1.82, 2.24) is 10.2 Å². The summed E-state index contributed by atoms with van der Waals surface area (Å²) in [5.74, 6) is -1.06. The second-order valence-electron chi connectivity index (χ2n) is 4.78. The Hall–Kier alpha value is -1.34. The highest BCUT2D eigenvalue weighted by Gasteiger charge is 2.28. The zero-order chi connectivity index (χ0) is 14.4. The summed E-state index contributed by atoms with van der Waals surface area (Å²) in [6, 6.07) is -1.30. The second-order valence-corrected chi connectivity index (χ2v) is 4.78. The molecule has 1 aliphatic rings. The third-order valence-electron chi connectivity index (χ3n) is 2.91. The molecule has 3 unspecified atom stereocenters. The number of hydrogen-bond donors (Lipinski definition) is 2. The molecule has 0 aromatic heterocycles. The Morgan fingerprint density at radius 3 is 2.47 bits per heavy atom. The minimum atomic E-state index is -1.06. The standard InChI is InChI=1S/C12H22N2O5/c1-8-6-14(7-9(2)19-8)12(17)13-10(11(15)16)4-5-18-3/h8-10H,4-7H2,1-3H3,(H,13,17)(H,15,16). The molecule has 1 aliphatic heterocycles. The molecule has 0 radical (unpaired) electrons. The largest absolute Gasteiger partial charge is 0.480 e. The second kappa shape index (κ2) is 7.30. The molecule has 1 saturated heterocycles. The lowest BCUT2D eigenvalue weighted by molar-refractivity contribution is -0.139. The summed E-state index contributed by atoms with van der Waals surface area (Å²) in [5, 5.41) is 11.6. The third kappa shape index (κ3) is 5.04. The van der Waals surface area contributed by atoms with Gasteiger partial charge in [-0.1, -0.05) is 0 Å². The van der Waals surface area contributed by atoms with Crippen molar-refractivity contribution in [2.24, 2.45) is 0 Å². The average molecular weight is 274 g/mol. The topological polar surface area (TPSA) is 88.1 Å². The van der Waals surface area contributed by atoms with Crippen LogP contribution in [-0.4, -0.2) is 67.1 Å². The van der Waals surface area contributed by atoms with Crippen LogP contribution in [0.4, 0.5) is 4.79 Å². The van der Waals surface area contributed by atoms with Gasteiger partial charge in [-0.2, -0.15) is 0 Å². The summed E-state index contributed by atoms with van der Waals surface area (Å²) >= 11 is 0. The van der Waals surface area contributed by atoms with Gasteiger partial charge in [0.1, 0.15) is 6.04 Å². The van der Waals surface area contributed by atoms with Gasteiger partial charge in [0.15, 0.2) is 0 Å². The normalized spacial score (nSPS) is 24.9. The zero-order valence-corrected chi connectivity index (χ0v) is 11.6. The first-order chi connectivity index (χ1) is 8.93. The van der Waals surface area contributed by atoms with E-state index in [0.29, 0.717) is 13.1 Å². The maximum Gasteiger partial charge on any atom is 0.326 e. The van der Waals surface area contributed by atoms with Crippen LogP contribution in [0.5, 0.6) is 0 Å². The quantitative estimate of drug-likeness (QED) is 0.752. The summed E-state index contributed by atoms with van der Waals surface area (Å²) < 4.78 is 10.4. The fraction of sp³-hybridized carbons (Fsp3) is 0.833. The van der Waals surface area contributed by atoms with Gasteiger partial charge in [-0.25, -0.2) is 9.59 Å². The molecule has 19 heavy (non-hydrogen) atoms.